The molecule has 2 aromatic carbocycles. The molecule has 0 atom stereocenters. The molecule has 0 bridgehead atoms. The van der Waals surface area contributed by atoms with Crippen LogP contribution in [0.2, 0.25) is 0 Å². The lowest BCUT2D eigenvalue weighted by Gasteiger charge is -2.01. The quantitative estimate of drug-likeness (QED) is 0.468. The second kappa shape index (κ2) is 4.72. The molecule has 2 heterocycles. The molecule has 0 fully saturated rings. The van der Waals surface area contributed by atoms with Crippen molar-refractivity contribution in [3.8, 4) is 11.3 Å². The first-order valence-electron chi connectivity index (χ1n) is 6.47. The van der Waals surface area contributed by atoms with E-state index in [2.05, 4.69) is 60.6 Å². The van der Waals surface area contributed by atoms with Gasteiger partial charge in [-0.2, -0.15) is 0 Å². The van der Waals surface area contributed by atoms with E-state index in [-0.39, 0.29) is 12.4 Å². The Kier molecular flexibility index (Phi) is 3.15. The minimum atomic E-state index is 0. The zero-order valence-corrected chi connectivity index (χ0v) is 12.9. The molecule has 2 aliphatic heterocycles. The minimum Gasteiger partial charge on any atom is -1.00 e. The van der Waals surface area contributed by atoms with Crippen LogP contribution in [0, 0.1) is 13.8 Å². The molecule has 1 nitrogen and oxygen atoms in total. The average Bonchev–Trinajstić information content (AvgIpc) is 2.82. The van der Waals surface area contributed by atoms with Gasteiger partial charge in [-0.15, -0.1) is 11.3 Å². The second-order valence-electron chi connectivity index (χ2n) is 5.08. The Bertz CT molecular complexity index is 894. The lowest BCUT2D eigenvalue weighted by Crippen LogP contribution is -3.00. The van der Waals surface area contributed by atoms with Gasteiger partial charge in [-0.3, -0.25) is 0 Å². The SMILES string of the molecule is Cc1ccc2[nH+]c3c4ccccc4scc-3c2c1C.[Cl-]. The first-order chi connectivity index (χ1) is 9.25. The van der Waals surface area contributed by atoms with Gasteiger partial charge in [0.15, 0.2) is 0 Å². The van der Waals surface area contributed by atoms with E-state index in [1.54, 1.807) is 0 Å². The predicted molar refractivity (Wildman–Crippen MR) is 82.0 cm³/mol. The molecule has 0 saturated carbocycles. The Labute approximate surface area is 128 Å². The van der Waals surface area contributed by atoms with E-state index < -0.39 is 0 Å². The number of benzene rings is 2. The molecule has 0 saturated heterocycles. The Hall–Kier alpha value is -1.64. The van der Waals surface area contributed by atoms with E-state index >= 15 is 0 Å². The van der Waals surface area contributed by atoms with Gasteiger partial charge in [-0.05, 0) is 37.1 Å². The summed E-state index contributed by atoms with van der Waals surface area (Å²) in [5.74, 6) is 0. The maximum Gasteiger partial charge on any atom is 0.221 e. The molecule has 0 aliphatic carbocycles. The van der Waals surface area contributed by atoms with Crippen molar-refractivity contribution in [2.45, 2.75) is 13.8 Å². The van der Waals surface area contributed by atoms with Crippen LogP contribution in [0.15, 0.2) is 41.8 Å². The normalized spacial score (nSPS) is 11.1. The summed E-state index contributed by atoms with van der Waals surface area (Å²) in [6, 6.07) is 13.0. The number of nitrogens with one attached hydrogen (secondary N) is 1. The van der Waals surface area contributed by atoms with Crippen molar-refractivity contribution in [3.05, 3.63) is 52.9 Å². The highest BCUT2D eigenvalue weighted by Crippen LogP contribution is 2.37. The van der Waals surface area contributed by atoms with Gasteiger partial charge in [0.1, 0.15) is 0 Å². The van der Waals surface area contributed by atoms with E-state index in [1.165, 1.54) is 43.4 Å². The predicted octanol–water partition coefficient (Wildman–Crippen LogP) is 1.59. The Balaban J connectivity index is 0.00000121. The molecule has 0 radical (unpaired) electrons. The number of hydrogen-bond acceptors (Lipinski definition) is 1. The largest absolute Gasteiger partial charge is 1.00 e. The molecule has 3 heteroatoms. The molecule has 2 aliphatic rings. The standard InChI is InChI=1S/C17H13NS.ClH/c1-10-7-8-14-16(11(10)2)13-9-19-15-6-4-3-5-12(15)17(13)18-14;/h3-9H,1-2H3;1H. The molecule has 0 unspecified atom stereocenters. The number of hydrogen-bond donors (Lipinski definition) is 0. The summed E-state index contributed by atoms with van der Waals surface area (Å²) in [5, 5.41) is 4.97. The third-order valence-electron chi connectivity index (χ3n) is 3.99. The van der Waals surface area contributed by atoms with Crippen LogP contribution in [0.4, 0.5) is 0 Å². The van der Waals surface area contributed by atoms with Crippen molar-refractivity contribution in [3.63, 3.8) is 0 Å². The molecule has 0 amide bonds. The van der Waals surface area contributed by atoms with Crippen molar-refractivity contribution in [2.24, 2.45) is 0 Å². The van der Waals surface area contributed by atoms with Crippen LogP contribution in [0.1, 0.15) is 11.1 Å². The molecule has 100 valence electrons. The number of rotatable bonds is 0. The number of aromatic nitrogens is 1. The third-order valence-corrected chi connectivity index (χ3v) is 4.96. The zero-order valence-electron chi connectivity index (χ0n) is 11.3. The molecule has 0 spiro atoms. The fourth-order valence-electron chi connectivity index (χ4n) is 2.82. The van der Waals surface area contributed by atoms with Gasteiger partial charge in [0.2, 0.25) is 11.2 Å². The van der Waals surface area contributed by atoms with Crippen molar-refractivity contribution in [2.75, 3.05) is 0 Å². The Morgan fingerprint density at radius 2 is 1.80 bits per heavy atom. The second-order valence-corrected chi connectivity index (χ2v) is 5.99. The highest BCUT2D eigenvalue weighted by Gasteiger charge is 2.23. The minimum absolute atomic E-state index is 0. The molecular formula is C17H14ClNS. The van der Waals surface area contributed by atoms with Crippen LogP contribution in [-0.2, 0) is 0 Å². The Morgan fingerprint density at radius 1 is 1.00 bits per heavy atom. The zero-order chi connectivity index (χ0) is 13.0. The van der Waals surface area contributed by atoms with Gasteiger partial charge in [-0.1, -0.05) is 18.2 Å². The molecule has 20 heavy (non-hydrogen) atoms. The number of fused-ring (bicyclic) bond motifs is 5. The smallest absolute Gasteiger partial charge is 0.221 e. The van der Waals surface area contributed by atoms with Crippen LogP contribution in [-0.4, -0.2) is 0 Å². The van der Waals surface area contributed by atoms with Crippen LogP contribution < -0.4 is 17.4 Å². The number of aryl methyl sites for hydroxylation is 2. The van der Waals surface area contributed by atoms with Crippen molar-refractivity contribution < 1.29 is 17.4 Å². The maximum absolute atomic E-state index is 3.60. The van der Waals surface area contributed by atoms with Crippen molar-refractivity contribution >= 4 is 32.3 Å². The number of H-pyrrole nitrogens is 1. The molecule has 1 N–H and O–H groups in total. The monoisotopic (exact) mass is 299 g/mol. The Morgan fingerprint density at radius 3 is 2.65 bits per heavy atom. The summed E-state index contributed by atoms with van der Waals surface area (Å²) >= 11 is 1.82. The molecular weight excluding hydrogens is 286 g/mol. The van der Waals surface area contributed by atoms with Crippen LogP contribution in [0.3, 0.4) is 0 Å². The number of aromatic amines is 1. The fourth-order valence-corrected chi connectivity index (χ4v) is 3.76. The van der Waals surface area contributed by atoms with Gasteiger partial charge in [-0.25, -0.2) is 4.98 Å². The van der Waals surface area contributed by atoms with E-state index in [0.717, 1.165) is 0 Å². The first-order valence-corrected chi connectivity index (χ1v) is 7.35. The van der Waals surface area contributed by atoms with Crippen molar-refractivity contribution in [1.29, 1.82) is 0 Å². The molecule has 2 aromatic rings. The highest BCUT2D eigenvalue weighted by atomic mass is 35.5. The summed E-state index contributed by atoms with van der Waals surface area (Å²) < 4.78 is 1.33. The summed E-state index contributed by atoms with van der Waals surface area (Å²) in [6.45, 7) is 4.39. The summed E-state index contributed by atoms with van der Waals surface area (Å²) in [5.41, 5.74) is 6.58. The third kappa shape index (κ3) is 1.72. The van der Waals surface area contributed by atoms with Gasteiger partial charge in [0.05, 0.1) is 16.3 Å². The van der Waals surface area contributed by atoms with E-state index in [0.29, 0.717) is 0 Å². The van der Waals surface area contributed by atoms with E-state index in [4.69, 9.17) is 0 Å². The van der Waals surface area contributed by atoms with Crippen LogP contribution in [0.25, 0.3) is 32.2 Å². The van der Waals surface area contributed by atoms with Gasteiger partial charge in [0, 0.05) is 16.1 Å². The topological polar surface area (TPSA) is 14.1 Å². The number of halogens is 1. The van der Waals surface area contributed by atoms with Gasteiger partial charge >= 0.3 is 0 Å². The highest BCUT2D eigenvalue weighted by molar-refractivity contribution is 7.17. The molecule has 4 rings (SSSR count). The summed E-state index contributed by atoms with van der Waals surface area (Å²) in [7, 11) is 0. The molecule has 0 aromatic heterocycles. The van der Waals surface area contributed by atoms with Crippen LogP contribution >= 0.6 is 11.3 Å². The van der Waals surface area contributed by atoms with Crippen molar-refractivity contribution in [1.82, 2.24) is 0 Å². The lowest BCUT2D eigenvalue weighted by molar-refractivity contribution is -0.325. The van der Waals surface area contributed by atoms with E-state index in [1.807, 2.05) is 11.3 Å². The van der Waals surface area contributed by atoms with E-state index in [9.17, 15) is 0 Å². The fraction of sp³-hybridized carbons (Fsp3) is 0.118. The summed E-state index contributed by atoms with van der Waals surface area (Å²) in [4.78, 5) is 3.60. The lowest BCUT2D eigenvalue weighted by atomic mass is 10.0. The summed E-state index contributed by atoms with van der Waals surface area (Å²) in [6.07, 6.45) is 0. The maximum atomic E-state index is 3.60. The van der Waals surface area contributed by atoms with Gasteiger partial charge < -0.3 is 12.4 Å². The van der Waals surface area contributed by atoms with Crippen LogP contribution in [0.5, 0.6) is 0 Å². The first kappa shape index (κ1) is 13.3. The average molecular weight is 300 g/mol. The van der Waals surface area contributed by atoms with Gasteiger partial charge in [0.25, 0.3) is 0 Å².